The quantitative estimate of drug-likeness (QED) is 0.891. The summed E-state index contributed by atoms with van der Waals surface area (Å²) in [7, 11) is 0. The van der Waals surface area contributed by atoms with Gasteiger partial charge in [0.05, 0.1) is 0 Å². The molecule has 1 unspecified atom stereocenters. The second kappa shape index (κ2) is 6.53. The molecule has 0 saturated carbocycles. The Hall–Kier alpha value is -1.87. The molecule has 1 atom stereocenters. The Morgan fingerprint density at radius 1 is 1.15 bits per heavy atom. The number of benzene rings is 2. The second-order valence-electron chi connectivity index (χ2n) is 5.01. The van der Waals surface area contributed by atoms with Gasteiger partial charge in [-0.15, -0.1) is 0 Å². The number of rotatable bonds is 5. The Balaban J connectivity index is 2.21. The Morgan fingerprint density at radius 2 is 1.90 bits per heavy atom. The zero-order chi connectivity index (χ0) is 14.5. The van der Waals surface area contributed by atoms with Gasteiger partial charge in [-0.3, -0.25) is 0 Å². The lowest BCUT2D eigenvalue weighted by Gasteiger charge is -2.12. The number of hydrogen-bond donors (Lipinski definition) is 1. The molecule has 0 radical (unpaired) electrons. The molecular formula is C17H20FNO. The van der Waals surface area contributed by atoms with E-state index in [4.69, 9.17) is 10.5 Å². The van der Waals surface area contributed by atoms with Gasteiger partial charge in [-0.1, -0.05) is 31.2 Å². The Bertz CT molecular complexity index is 581. The van der Waals surface area contributed by atoms with Gasteiger partial charge in [-0.05, 0) is 49.1 Å². The fraction of sp³-hybridized carbons (Fsp3) is 0.294. The number of aryl methyl sites for hydroxylation is 1. The molecule has 2 aromatic carbocycles. The highest BCUT2D eigenvalue weighted by Gasteiger charge is 2.09. The molecule has 20 heavy (non-hydrogen) atoms. The van der Waals surface area contributed by atoms with E-state index in [1.807, 2.05) is 44.2 Å². The molecule has 106 valence electrons. The van der Waals surface area contributed by atoms with Crippen LogP contribution in [0.5, 0.6) is 11.5 Å². The smallest absolute Gasteiger partial charge is 0.165 e. The standard InChI is InChI=1S/C17H20FNO/c1-3-14-6-4-5-7-16(14)20-17-9-8-13(10-12(2)19)11-15(17)18/h4-9,11-12H,3,10,19H2,1-2H3. The maximum absolute atomic E-state index is 14.1. The molecule has 0 aromatic heterocycles. The van der Waals surface area contributed by atoms with Crippen molar-refractivity contribution in [3.05, 3.63) is 59.4 Å². The zero-order valence-corrected chi connectivity index (χ0v) is 11.9. The molecule has 0 bridgehead atoms. The van der Waals surface area contributed by atoms with E-state index >= 15 is 0 Å². The van der Waals surface area contributed by atoms with Crippen molar-refractivity contribution < 1.29 is 9.13 Å². The highest BCUT2D eigenvalue weighted by molar-refractivity contribution is 5.39. The summed E-state index contributed by atoms with van der Waals surface area (Å²) < 4.78 is 19.7. The van der Waals surface area contributed by atoms with Crippen LogP contribution in [-0.2, 0) is 12.8 Å². The molecule has 0 aliphatic heterocycles. The summed E-state index contributed by atoms with van der Waals surface area (Å²) in [6.07, 6.45) is 1.50. The molecule has 0 heterocycles. The van der Waals surface area contributed by atoms with Crippen molar-refractivity contribution in [3.63, 3.8) is 0 Å². The lowest BCUT2D eigenvalue weighted by Crippen LogP contribution is -2.17. The van der Waals surface area contributed by atoms with Crippen LogP contribution in [0.25, 0.3) is 0 Å². The van der Waals surface area contributed by atoms with Gasteiger partial charge in [0, 0.05) is 6.04 Å². The van der Waals surface area contributed by atoms with E-state index in [0.717, 1.165) is 17.5 Å². The molecule has 2 rings (SSSR count). The summed E-state index contributed by atoms with van der Waals surface area (Å²) in [5.74, 6) is 0.599. The van der Waals surface area contributed by atoms with Crippen molar-refractivity contribution in [2.45, 2.75) is 32.7 Å². The highest BCUT2D eigenvalue weighted by atomic mass is 19.1. The van der Waals surface area contributed by atoms with Crippen LogP contribution < -0.4 is 10.5 Å². The molecule has 3 heteroatoms. The molecule has 2 nitrogen and oxygen atoms in total. The molecule has 0 aliphatic rings. The van der Waals surface area contributed by atoms with Crippen molar-refractivity contribution in [3.8, 4) is 11.5 Å². The normalized spacial score (nSPS) is 12.2. The van der Waals surface area contributed by atoms with Gasteiger partial charge in [-0.25, -0.2) is 4.39 Å². The highest BCUT2D eigenvalue weighted by Crippen LogP contribution is 2.28. The fourth-order valence-corrected chi connectivity index (χ4v) is 2.14. The van der Waals surface area contributed by atoms with Gasteiger partial charge in [0.2, 0.25) is 0 Å². The van der Waals surface area contributed by atoms with Crippen LogP contribution in [0.2, 0.25) is 0 Å². The fourth-order valence-electron chi connectivity index (χ4n) is 2.14. The van der Waals surface area contributed by atoms with Gasteiger partial charge in [-0.2, -0.15) is 0 Å². The topological polar surface area (TPSA) is 35.2 Å². The monoisotopic (exact) mass is 273 g/mol. The van der Waals surface area contributed by atoms with Crippen LogP contribution in [0.4, 0.5) is 4.39 Å². The van der Waals surface area contributed by atoms with Crippen molar-refractivity contribution in [2.24, 2.45) is 5.73 Å². The minimum absolute atomic E-state index is 0.0157. The largest absolute Gasteiger partial charge is 0.454 e. The molecule has 2 aromatic rings. The van der Waals surface area contributed by atoms with Crippen LogP contribution in [0.3, 0.4) is 0 Å². The average Bonchev–Trinajstić information content (AvgIpc) is 2.42. The molecule has 0 spiro atoms. The Kier molecular flexibility index (Phi) is 4.74. The first-order valence-corrected chi connectivity index (χ1v) is 6.90. The van der Waals surface area contributed by atoms with Crippen molar-refractivity contribution in [2.75, 3.05) is 0 Å². The van der Waals surface area contributed by atoms with E-state index in [1.165, 1.54) is 6.07 Å². The molecule has 0 aliphatic carbocycles. The van der Waals surface area contributed by atoms with E-state index < -0.39 is 0 Å². The number of para-hydroxylation sites is 1. The first kappa shape index (κ1) is 14.5. The summed E-state index contributed by atoms with van der Waals surface area (Å²) in [5, 5.41) is 0. The number of halogens is 1. The molecular weight excluding hydrogens is 253 g/mol. The van der Waals surface area contributed by atoms with E-state index in [9.17, 15) is 4.39 Å². The van der Waals surface area contributed by atoms with Crippen LogP contribution in [0, 0.1) is 5.82 Å². The van der Waals surface area contributed by atoms with Gasteiger partial charge in [0.15, 0.2) is 11.6 Å². The third-order valence-corrected chi connectivity index (χ3v) is 3.13. The van der Waals surface area contributed by atoms with Crippen LogP contribution in [-0.4, -0.2) is 6.04 Å². The van der Waals surface area contributed by atoms with Crippen LogP contribution in [0.1, 0.15) is 25.0 Å². The van der Waals surface area contributed by atoms with E-state index in [-0.39, 0.29) is 17.6 Å². The van der Waals surface area contributed by atoms with Gasteiger partial charge >= 0.3 is 0 Å². The minimum Gasteiger partial charge on any atom is -0.454 e. The van der Waals surface area contributed by atoms with Gasteiger partial charge < -0.3 is 10.5 Å². The third kappa shape index (κ3) is 3.58. The average molecular weight is 273 g/mol. The van der Waals surface area contributed by atoms with Crippen molar-refractivity contribution >= 4 is 0 Å². The lowest BCUT2D eigenvalue weighted by molar-refractivity contribution is 0.437. The van der Waals surface area contributed by atoms with E-state index in [0.29, 0.717) is 12.2 Å². The number of nitrogens with two attached hydrogens (primary N) is 1. The van der Waals surface area contributed by atoms with E-state index in [2.05, 4.69) is 0 Å². The maximum atomic E-state index is 14.1. The molecule has 2 N–H and O–H groups in total. The lowest BCUT2D eigenvalue weighted by atomic mass is 10.1. The molecule has 0 saturated heterocycles. The summed E-state index contributed by atoms with van der Waals surface area (Å²) in [5.41, 5.74) is 7.66. The zero-order valence-electron chi connectivity index (χ0n) is 11.9. The molecule has 0 fully saturated rings. The van der Waals surface area contributed by atoms with Gasteiger partial charge in [0.1, 0.15) is 5.75 Å². The number of ether oxygens (including phenoxy) is 1. The summed E-state index contributed by atoms with van der Waals surface area (Å²) in [6, 6.07) is 12.7. The summed E-state index contributed by atoms with van der Waals surface area (Å²) in [4.78, 5) is 0. The van der Waals surface area contributed by atoms with Crippen LogP contribution in [0.15, 0.2) is 42.5 Å². The third-order valence-electron chi connectivity index (χ3n) is 3.13. The molecule has 0 amide bonds. The van der Waals surface area contributed by atoms with E-state index in [1.54, 1.807) is 6.07 Å². The van der Waals surface area contributed by atoms with Crippen molar-refractivity contribution in [1.82, 2.24) is 0 Å². The second-order valence-corrected chi connectivity index (χ2v) is 5.01. The predicted molar refractivity (Wildman–Crippen MR) is 79.6 cm³/mol. The first-order valence-electron chi connectivity index (χ1n) is 6.90. The van der Waals surface area contributed by atoms with Gasteiger partial charge in [0.25, 0.3) is 0 Å². The minimum atomic E-state index is -0.353. The van der Waals surface area contributed by atoms with Crippen molar-refractivity contribution in [1.29, 1.82) is 0 Å². The maximum Gasteiger partial charge on any atom is 0.165 e. The Morgan fingerprint density at radius 3 is 2.55 bits per heavy atom. The summed E-state index contributed by atoms with van der Waals surface area (Å²) in [6.45, 7) is 3.95. The van der Waals surface area contributed by atoms with Crippen LogP contribution >= 0.6 is 0 Å². The summed E-state index contributed by atoms with van der Waals surface area (Å²) >= 11 is 0. The predicted octanol–water partition coefficient (Wildman–Crippen LogP) is 4.07. The first-order chi connectivity index (χ1) is 9.60. The SMILES string of the molecule is CCc1ccccc1Oc1ccc(CC(C)N)cc1F. The Labute approximate surface area is 119 Å². The number of hydrogen-bond acceptors (Lipinski definition) is 2.